The van der Waals surface area contributed by atoms with E-state index in [9.17, 15) is 0 Å². The predicted octanol–water partition coefficient (Wildman–Crippen LogP) is 3.36. The number of hydrogen-bond donors (Lipinski definition) is 1. The number of aromatic nitrogens is 2. The van der Waals surface area contributed by atoms with Gasteiger partial charge >= 0.3 is 0 Å². The van der Waals surface area contributed by atoms with Crippen molar-refractivity contribution in [1.82, 2.24) is 10.2 Å². The van der Waals surface area contributed by atoms with Gasteiger partial charge in [0.2, 0.25) is 11.9 Å². The highest BCUT2D eigenvalue weighted by molar-refractivity contribution is 7.13. The molecule has 1 atom stereocenters. The van der Waals surface area contributed by atoms with Crippen molar-refractivity contribution in [3.63, 3.8) is 0 Å². The molecule has 3 aromatic rings. The van der Waals surface area contributed by atoms with Gasteiger partial charge in [0.25, 0.3) is 0 Å². The third kappa shape index (κ3) is 2.77. The monoisotopic (exact) mass is 393 g/mol. The van der Waals surface area contributed by atoms with Gasteiger partial charge in [0.05, 0.1) is 11.8 Å². The number of ether oxygens (including phenoxy) is 2. The molecule has 0 saturated carbocycles. The van der Waals surface area contributed by atoms with Gasteiger partial charge in [-0.2, -0.15) is 5.10 Å². The Morgan fingerprint density at radius 2 is 2.00 bits per heavy atom. The summed E-state index contributed by atoms with van der Waals surface area (Å²) in [6.07, 6.45) is 0.798. The topological polar surface area (TPSA) is 85.9 Å². The first kappa shape index (κ1) is 17.0. The van der Waals surface area contributed by atoms with Crippen LogP contribution in [0.15, 0.2) is 40.9 Å². The minimum atomic E-state index is 0.111. The standard InChI is InChI=1S/C20H19N5O2S/c1-11-5-13(3-4-16(11)21)19-15-8-18-17(26-10-27-18)7-14(15)6-12(2)25(24-19)20-23-22-9-28-20/h3-5,7-9,12H,6,10,21H2,1-2H3. The van der Waals surface area contributed by atoms with Crippen LogP contribution in [0.2, 0.25) is 0 Å². The van der Waals surface area contributed by atoms with E-state index >= 15 is 0 Å². The van der Waals surface area contributed by atoms with E-state index in [-0.39, 0.29) is 12.8 Å². The first-order valence-electron chi connectivity index (χ1n) is 9.03. The molecule has 28 heavy (non-hydrogen) atoms. The van der Waals surface area contributed by atoms with Gasteiger partial charge in [-0.15, -0.1) is 10.2 Å². The average Bonchev–Trinajstić information content (AvgIpc) is 3.34. The Kier molecular flexibility index (Phi) is 3.94. The van der Waals surface area contributed by atoms with Crippen molar-refractivity contribution >= 4 is 27.9 Å². The molecule has 2 aromatic carbocycles. The van der Waals surface area contributed by atoms with Crippen LogP contribution in [0.4, 0.5) is 10.8 Å². The van der Waals surface area contributed by atoms with Crippen molar-refractivity contribution in [2.24, 2.45) is 5.10 Å². The van der Waals surface area contributed by atoms with E-state index in [1.54, 1.807) is 5.51 Å². The number of hydrogen-bond acceptors (Lipinski definition) is 8. The highest BCUT2D eigenvalue weighted by Gasteiger charge is 2.28. The Hall–Kier alpha value is -3.13. The van der Waals surface area contributed by atoms with Gasteiger partial charge in [-0.1, -0.05) is 17.4 Å². The molecular formula is C20H19N5O2S. The van der Waals surface area contributed by atoms with Gasteiger partial charge in [-0.25, -0.2) is 5.01 Å². The lowest BCUT2D eigenvalue weighted by Gasteiger charge is -2.21. The molecule has 8 heteroatoms. The molecule has 142 valence electrons. The SMILES string of the molecule is Cc1cc(C2=NN(c3nncs3)C(C)Cc3cc4c(cc32)OCO4)ccc1N. The third-order valence-corrected chi connectivity index (χ3v) is 5.76. The summed E-state index contributed by atoms with van der Waals surface area (Å²) in [7, 11) is 0. The van der Waals surface area contributed by atoms with Crippen molar-refractivity contribution in [2.45, 2.75) is 26.3 Å². The first-order chi connectivity index (χ1) is 13.6. The number of nitrogens with zero attached hydrogens (tertiary/aromatic N) is 4. The molecule has 2 aliphatic rings. The first-order valence-corrected chi connectivity index (χ1v) is 9.91. The predicted molar refractivity (Wildman–Crippen MR) is 109 cm³/mol. The highest BCUT2D eigenvalue weighted by Crippen LogP contribution is 2.38. The average molecular weight is 393 g/mol. The smallest absolute Gasteiger partial charge is 0.231 e. The van der Waals surface area contributed by atoms with Crippen LogP contribution in [0.5, 0.6) is 11.5 Å². The minimum absolute atomic E-state index is 0.111. The van der Waals surface area contributed by atoms with Crippen LogP contribution in [0.1, 0.15) is 29.2 Å². The number of nitrogen functional groups attached to an aromatic ring is 1. The van der Waals surface area contributed by atoms with Gasteiger partial charge in [0.1, 0.15) is 5.51 Å². The van der Waals surface area contributed by atoms with Crippen LogP contribution < -0.4 is 20.2 Å². The third-order valence-electron chi connectivity index (χ3n) is 5.08. The second-order valence-corrected chi connectivity index (χ2v) is 7.81. The summed E-state index contributed by atoms with van der Waals surface area (Å²) >= 11 is 1.47. The van der Waals surface area contributed by atoms with E-state index in [2.05, 4.69) is 29.3 Å². The van der Waals surface area contributed by atoms with Crippen LogP contribution in [0.25, 0.3) is 0 Å². The maximum atomic E-state index is 6.04. The number of anilines is 2. The molecule has 0 aliphatic carbocycles. The molecule has 2 aliphatic heterocycles. The van der Waals surface area contributed by atoms with E-state index in [4.69, 9.17) is 20.3 Å². The lowest BCUT2D eigenvalue weighted by molar-refractivity contribution is 0.174. The Bertz CT molecular complexity index is 1080. The summed E-state index contributed by atoms with van der Waals surface area (Å²) in [5.41, 5.74) is 13.6. The number of hydrazone groups is 1. The molecule has 0 spiro atoms. The van der Waals surface area contributed by atoms with Gasteiger partial charge in [-0.3, -0.25) is 0 Å². The molecule has 0 bridgehead atoms. The van der Waals surface area contributed by atoms with Crippen LogP contribution in [-0.4, -0.2) is 28.7 Å². The fourth-order valence-electron chi connectivity index (χ4n) is 3.57. The van der Waals surface area contributed by atoms with Crippen molar-refractivity contribution in [3.8, 4) is 11.5 Å². The quantitative estimate of drug-likeness (QED) is 0.672. The Labute approximate surface area is 166 Å². The highest BCUT2D eigenvalue weighted by atomic mass is 32.1. The summed E-state index contributed by atoms with van der Waals surface area (Å²) < 4.78 is 11.2. The molecule has 7 nitrogen and oxygen atoms in total. The number of aryl methyl sites for hydroxylation is 1. The zero-order valence-corrected chi connectivity index (χ0v) is 16.4. The number of benzene rings is 2. The maximum Gasteiger partial charge on any atom is 0.231 e. The van der Waals surface area contributed by atoms with Crippen LogP contribution in [0, 0.1) is 6.92 Å². The van der Waals surface area contributed by atoms with Crippen LogP contribution in [-0.2, 0) is 6.42 Å². The van der Waals surface area contributed by atoms with E-state index in [1.165, 1.54) is 11.3 Å². The van der Waals surface area contributed by atoms with E-state index in [1.807, 2.05) is 30.1 Å². The van der Waals surface area contributed by atoms with Gasteiger partial charge in [0.15, 0.2) is 11.5 Å². The molecular weight excluding hydrogens is 374 g/mol. The summed E-state index contributed by atoms with van der Waals surface area (Å²) in [5.74, 6) is 1.53. The van der Waals surface area contributed by atoms with E-state index in [0.29, 0.717) is 0 Å². The van der Waals surface area contributed by atoms with Crippen molar-refractivity contribution in [3.05, 3.63) is 58.1 Å². The maximum absolute atomic E-state index is 6.04. The van der Waals surface area contributed by atoms with Gasteiger partial charge in [-0.05, 0) is 55.7 Å². The lowest BCUT2D eigenvalue weighted by atomic mass is 9.93. The van der Waals surface area contributed by atoms with Gasteiger partial charge in [0, 0.05) is 16.8 Å². The summed E-state index contributed by atoms with van der Waals surface area (Å²) in [5, 5.41) is 16.0. The molecule has 0 radical (unpaired) electrons. The molecule has 0 saturated heterocycles. The molecule has 0 amide bonds. The molecule has 0 fully saturated rings. The second kappa shape index (κ2) is 6.49. The summed E-state index contributed by atoms with van der Waals surface area (Å²) in [6, 6.07) is 10.2. The number of nitrogens with two attached hydrogens (primary N) is 1. The fraction of sp³-hybridized carbons (Fsp3) is 0.250. The van der Waals surface area contributed by atoms with Gasteiger partial charge < -0.3 is 15.2 Å². The molecule has 1 aromatic heterocycles. The largest absolute Gasteiger partial charge is 0.454 e. The van der Waals surface area contributed by atoms with E-state index < -0.39 is 0 Å². The van der Waals surface area contributed by atoms with Crippen LogP contribution in [0.3, 0.4) is 0 Å². The zero-order chi connectivity index (χ0) is 19.3. The second-order valence-electron chi connectivity index (χ2n) is 7.00. The minimum Gasteiger partial charge on any atom is -0.454 e. The fourth-order valence-corrected chi connectivity index (χ4v) is 4.18. The summed E-state index contributed by atoms with van der Waals surface area (Å²) in [6.45, 7) is 4.39. The molecule has 5 rings (SSSR count). The number of rotatable bonds is 2. The Morgan fingerprint density at radius 3 is 2.75 bits per heavy atom. The van der Waals surface area contributed by atoms with Crippen LogP contribution >= 0.6 is 11.3 Å². The molecule has 2 N–H and O–H groups in total. The van der Waals surface area contributed by atoms with Crippen molar-refractivity contribution in [2.75, 3.05) is 17.5 Å². The molecule has 3 heterocycles. The Balaban J connectivity index is 1.73. The summed E-state index contributed by atoms with van der Waals surface area (Å²) in [4.78, 5) is 0. The number of fused-ring (bicyclic) bond motifs is 2. The molecule has 1 unspecified atom stereocenters. The normalized spacial score (nSPS) is 17.9. The zero-order valence-electron chi connectivity index (χ0n) is 15.5. The van der Waals surface area contributed by atoms with Crippen molar-refractivity contribution in [1.29, 1.82) is 0 Å². The lowest BCUT2D eigenvalue weighted by Crippen LogP contribution is -2.29. The Morgan fingerprint density at radius 1 is 1.18 bits per heavy atom. The van der Waals surface area contributed by atoms with E-state index in [0.717, 1.165) is 56.7 Å². The van der Waals surface area contributed by atoms with Crippen molar-refractivity contribution < 1.29 is 9.47 Å².